The maximum Gasteiger partial charge on any atom is 0.273 e. The van der Waals surface area contributed by atoms with E-state index in [1.54, 1.807) is 19.3 Å². The van der Waals surface area contributed by atoms with E-state index >= 15 is 0 Å². The van der Waals surface area contributed by atoms with Crippen LogP contribution in [0.2, 0.25) is 0 Å². The summed E-state index contributed by atoms with van der Waals surface area (Å²) in [5, 5.41) is 13.9. The lowest BCUT2D eigenvalue weighted by Crippen LogP contribution is -2.17. The fraction of sp³-hybridized carbons (Fsp3) is 0.214. The summed E-state index contributed by atoms with van der Waals surface area (Å²) in [5.41, 5.74) is 2.46. The summed E-state index contributed by atoms with van der Waals surface area (Å²) in [4.78, 5) is 16.7. The number of pyridine rings is 1. The minimum absolute atomic E-state index is 0.0692. The van der Waals surface area contributed by atoms with Crippen LogP contribution in [0, 0.1) is 10.1 Å². The molecular formula is C14H16N4O2. The van der Waals surface area contributed by atoms with Crippen molar-refractivity contribution in [2.24, 2.45) is 0 Å². The largest absolute Gasteiger partial charge is 0.388 e. The number of nitro benzene ring substituents is 1. The van der Waals surface area contributed by atoms with Gasteiger partial charge in [0.15, 0.2) is 0 Å². The average Bonchev–Trinajstić information content (AvgIpc) is 2.47. The molecule has 0 unspecified atom stereocenters. The van der Waals surface area contributed by atoms with Crippen LogP contribution in [0.1, 0.15) is 5.69 Å². The van der Waals surface area contributed by atoms with Crippen molar-refractivity contribution in [3.63, 3.8) is 0 Å². The third-order valence-corrected chi connectivity index (χ3v) is 2.97. The minimum atomic E-state index is -0.390. The van der Waals surface area contributed by atoms with Crippen LogP contribution in [0.3, 0.4) is 0 Å². The number of rotatable bonds is 5. The molecule has 0 saturated carbocycles. The van der Waals surface area contributed by atoms with Crippen molar-refractivity contribution in [3.05, 3.63) is 58.4 Å². The van der Waals surface area contributed by atoms with Crippen LogP contribution >= 0.6 is 0 Å². The number of nitrogens with one attached hydrogen (secondary N) is 1. The van der Waals surface area contributed by atoms with Gasteiger partial charge in [-0.1, -0.05) is 6.07 Å². The molecule has 1 aromatic carbocycles. The molecular weight excluding hydrogens is 256 g/mol. The molecule has 0 bridgehead atoms. The van der Waals surface area contributed by atoms with E-state index in [1.165, 1.54) is 6.07 Å². The van der Waals surface area contributed by atoms with Crippen molar-refractivity contribution in [3.8, 4) is 0 Å². The summed E-state index contributed by atoms with van der Waals surface area (Å²) in [6.07, 6.45) is 1.73. The minimum Gasteiger partial charge on any atom is -0.388 e. The maximum atomic E-state index is 10.9. The average molecular weight is 272 g/mol. The fourth-order valence-electron chi connectivity index (χ4n) is 1.89. The van der Waals surface area contributed by atoms with E-state index in [4.69, 9.17) is 0 Å². The monoisotopic (exact) mass is 272 g/mol. The molecule has 0 saturated heterocycles. The molecule has 0 radical (unpaired) electrons. The Morgan fingerprint density at radius 1 is 1.35 bits per heavy atom. The Morgan fingerprint density at radius 3 is 2.75 bits per heavy atom. The van der Waals surface area contributed by atoms with Gasteiger partial charge in [0.1, 0.15) is 0 Å². The molecule has 104 valence electrons. The summed E-state index contributed by atoms with van der Waals surface area (Å²) in [6.45, 7) is 0.588. The molecule has 1 aromatic heterocycles. The molecule has 0 aliphatic heterocycles. The van der Waals surface area contributed by atoms with Crippen LogP contribution in [0.15, 0.2) is 42.6 Å². The molecule has 2 aromatic rings. The second kappa shape index (κ2) is 6.01. The number of benzene rings is 1. The number of anilines is 2. The normalized spacial score (nSPS) is 10.1. The van der Waals surface area contributed by atoms with Crippen LogP contribution in [-0.2, 0) is 6.54 Å². The van der Waals surface area contributed by atoms with Crippen LogP contribution < -0.4 is 10.2 Å². The first kappa shape index (κ1) is 13.8. The summed E-state index contributed by atoms with van der Waals surface area (Å²) < 4.78 is 0. The van der Waals surface area contributed by atoms with E-state index in [1.807, 2.05) is 36.2 Å². The second-order valence-electron chi connectivity index (χ2n) is 4.42. The molecule has 6 nitrogen and oxygen atoms in total. The highest BCUT2D eigenvalue weighted by molar-refractivity contribution is 5.64. The second-order valence-corrected chi connectivity index (χ2v) is 4.42. The third kappa shape index (κ3) is 3.23. The first-order chi connectivity index (χ1) is 9.60. The van der Waals surface area contributed by atoms with Crippen molar-refractivity contribution in [1.29, 1.82) is 0 Å². The van der Waals surface area contributed by atoms with E-state index in [2.05, 4.69) is 10.3 Å². The number of non-ortho nitro benzene ring substituents is 1. The summed E-state index contributed by atoms with van der Waals surface area (Å²) in [6, 6.07) is 10.6. The highest BCUT2D eigenvalue weighted by atomic mass is 16.6. The predicted octanol–water partition coefficient (Wildman–Crippen LogP) is 2.67. The fourth-order valence-corrected chi connectivity index (χ4v) is 1.89. The molecule has 0 fully saturated rings. The van der Waals surface area contributed by atoms with E-state index in [0.29, 0.717) is 12.2 Å². The highest BCUT2D eigenvalue weighted by Gasteiger charge is 2.12. The van der Waals surface area contributed by atoms with Crippen molar-refractivity contribution in [2.45, 2.75) is 6.54 Å². The highest BCUT2D eigenvalue weighted by Crippen LogP contribution is 2.26. The van der Waals surface area contributed by atoms with E-state index in [-0.39, 0.29) is 10.6 Å². The van der Waals surface area contributed by atoms with Gasteiger partial charge < -0.3 is 10.2 Å². The first-order valence-corrected chi connectivity index (χ1v) is 6.18. The number of hydrogen-bond acceptors (Lipinski definition) is 5. The molecule has 0 aliphatic carbocycles. The molecule has 1 heterocycles. The molecule has 1 N–H and O–H groups in total. The molecule has 20 heavy (non-hydrogen) atoms. The Labute approximate surface area is 117 Å². The van der Waals surface area contributed by atoms with Gasteiger partial charge in [0.25, 0.3) is 5.69 Å². The zero-order valence-electron chi connectivity index (χ0n) is 11.4. The molecule has 0 aliphatic rings. The Hall–Kier alpha value is -2.63. The van der Waals surface area contributed by atoms with Gasteiger partial charge in [0.05, 0.1) is 17.2 Å². The van der Waals surface area contributed by atoms with Crippen molar-refractivity contribution in [1.82, 2.24) is 4.98 Å². The van der Waals surface area contributed by atoms with Crippen LogP contribution in [0.25, 0.3) is 0 Å². The Kier molecular flexibility index (Phi) is 4.14. The number of nitro groups is 1. The lowest BCUT2D eigenvalue weighted by atomic mass is 10.2. The van der Waals surface area contributed by atoms with Gasteiger partial charge in [-0.15, -0.1) is 0 Å². The van der Waals surface area contributed by atoms with E-state index in [9.17, 15) is 10.1 Å². The van der Waals surface area contributed by atoms with Gasteiger partial charge in [-0.25, -0.2) is 0 Å². The topological polar surface area (TPSA) is 71.3 Å². The van der Waals surface area contributed by atoms with Crippen molar-refractivity contribution < 1.29 is 4.92 Å². The molecule has 0 atom stereocenters. The summed E-state index contributed by atoms with van der Waals surface area (Å²) in [7, 11) is 3.62. The Bertz CT molecular complexity index is 601. The van der Waals surface area contributed by atoms with E-state index < -0.39 is 0 Å². The summed E-state index contributed by atoms with van der Waals surface area (Å²) in [5.74, 6) is 0. The lowest BCUT2D eigenvalue weighted by Gasteiger charge is -2.19. The van der Waals surface area contributed by atoms with Gasteiger partial charge in [-0.3, -0.25) is 15.1 Å². The van der Waals surface area contributed by atoms with Gasteiger partial charge in [-0.2, -0.15) is 0 Å². The maximum absolute atomic E-state index is 10.9. The predicted molar refractivity (Wildman–Crippen MR) is 79.0 cm³/mol. The van der Waals surface area contributed by atoms with Crippen molar-refractivity contribution in [2.75, 3.05) is 24.3 Å². The number of hydrogen-bond donors (Lipinski definition) is 1. The van der Waals surface area contributed by atoms with Crippen molar-refractivity contribution >= 4 is 17.1 Å². The SMILES string of the molecule is CNc1cc(N(C)Cc2ccccn2)cc([N+](=O)[O-])c1. The molecule has 6 heteroatoms. The smallest absolute Gasteiger partial charge is 0.273 e. The number of nitrogens with zero attached hydrogens (tertiary/aromatic N) is 3. The van der Waals surface area contributed by atoms with Crippen LogP contribution in [0.5, 0.6) is 0 Å². The zero-order chi connectivity index (χ0) is 14.5. The zero-order valence-corrected chi connectivity index (χ0v) is 11.4. The first-order valence-electron chi connectivity index (χ1n) is 6.18. The van der Waals surface area contributed by atoms with E-state index in [0.717, 1.165) is 11.4 Å². The van der Waals surface area contributed by atoms with Gasteiger partial charge >= 0.3 is 0 Å². The number of aromatic nitrogens is 1. The quantitative estimate of drug-likeness (QED) is 0.669. The summed E-state index contributed by atoms with van der Waals surface area (Å²) >= 11 is 0. The van der Waals surface area contributed by atoms with Gasteiger partial charge in [0, 0.05) is 43.8 Å². The molecule has 2 rings (SSSR count). The molecule has 0 amide bonds. The standard InChI is InChI=1S/C14H16N4O2/c1-15-12-7-13(9-14(8-12)18(19)20)17(2)10-11-5-3-4-6-16-11/h3-9,15H,10H2,1-2H3. The molecule has 0 spiro atoms. The Morgan fingerprint density at radius 2 is 2.15 bits per heavy atom. The lowest BCUT2D eigenvalue weighted by molar-refractivity contribution is -0.384. The van der Waals surface area contributed by atoms with Crippen LogP contribution in [-0.4, -0.2) is 24.0 Å². The van der Waals surface area contributed by atoms with Crippen LogP contribution in [0.4, 0.5) is 17.1 Å². The Balaban J connectivity index is 2.27. The third-order valence-electron chi connectivity index (χ3n) is 2.97. The van der Waals surface area contributed by atoms with Gasteiger partial charge in [-0.05, 0) is 18.2 Å². The van der Waals surface area contributed by atoms with Gasteiger partial charge in [0.2, 0.25) is 0 Å².